The maximum absolute atomic E-state index is 13.0. The predicted octanol–water partition coefficient (Wildman–Crippen LogP) is 2.63. The van der Waals surface area contributed by atoms with Gasteiger partial charge in [0.1, 0.15) is 23.8 Å². The molecule has 0 N–H and O–H groups in total. The lowest BCUT2D eigenvalue weighted by molar-refractivity contribution is 0.0219. The summed E-state index contributed by atoms with van der Waals surface area (Å²) in [5.74, 6) is 1.31. The Morgan fingerprint density at radius 1 is 1.28 bits per heavy atom. The summed E-state index contributed by atoms with van der Waals surface area (Å²) in [5, 5.41) is 0. The van der Waals surface area contributed by atoms with Crippen molar-refractivity contribution in [3.05, 3.63) is 51.5 Å². The highest BCUT2D eigenvalue weighted by Gasteiger charge is 2.28. The molecule has 0 unspecified atom stereocenters. The summed E-state index contributed by atoms with van der Waals surface area (Å²) < 4.78 is 12.8. The van der Waals surface area contributed by atoms with E-state index < -0.39 is 5.60 Å². The van der Waals surface area contributed by atoms with Gasteiger partial charge in [0.15, 0.2) is 0 Å². The molecule has 1 amide bonds. The third kappa shape index (κ3) is 4.93. The summed E-state index contributed by atoms with van der Waals surface area (Å²) in [6, 6.07) is 3.67. The van der Waals surface area contributed by atoms with Crippen LogP contribution < -0.4 is 10.3 Å². The number of hydrogen-bond donors (Lipinski definition) is 0. The van der Waals surface area contributed by atoms with Crippen LogP contribution in [0.5, 0.6) is 5.75 Å². The highest BCUT2D eigenvalue weighted by Crippen LogP contribution is 2.18. The summed E-state index contributed by atoms with van der Waals surface area (Å²) in [6.07, 6.45) is 1.79. The third-order valence-corrected chi connectivity index (χ3v) is 4.69. The first-order valence-electron chi connectivity index (χ1n) is 9.77. The van der Waals surface area contributed by atoms with E-state index in [0.717, 1.165) is 5.69 Å². The molecule has 1 aliphatic heterocycles. The zero-order valence-electron chi connectivity index (χ0n) is 17.7. The number of hydrogen-bond acceptors (Lipinski definition) is 6. The lowest BCUT2D eigenvalue weighted by Gasteiger charge is -2.31. The zero-order valence-corrected chi connectivity index (χ0v) is 17.7. The van der Waals surface area contributed by atoms with Crippen LogP contribution in [0.15, 0.2) is 23.1 Å². The van der Waals surface area contributed by atoms with Crippen LogP contribution in [-0.4, -0.2) is 44.3 Å². The van der Waals surface area contributed by atoms with Gasteiger partial charge in [-0.1, -0.05) is 0 Å². The average Bonchev–Trinajstić information content (AvgIpc) is 2.64. The van der Waals surface area contributed by atoms with Crippen LogP contribution in [-0.2, 0) is 24.2 Å². The molecule has 2 aromatic heterocycles. The van der Waals surface area contributed by atoms with Crippen LogP contribution >= 0.6 is 0 Å². The van der Waals surface area contributed by atoms with E-state index in [2.05, 4.69) is 9.97 Å². The SMILES string of the molecule is Cc1ncccc1OCCn1c(C)nc2c(c1=O)CCN(C(=O)OC(C)(C)C)C2. The standard InChI is InChI=1S/C21H28N4O4/c1-14-18(7-6-9-22-14)28-12-11-25-15(2)23-17-13-24(10-8-16(17)19(25)26)20(27)29-21(3,4)5/h6-7,9H,8,10-13H2,1-5H3. The quantitative estimate of drug-likeness (QED) is 0.784. The van der Waals surface area contributed by atoms with Crippen molar-refractivity contribution in [2.24, 2.45) is 0 Å². The van der Waals surface area contributed by atoms with Gasteiger partial charge in [-0.3, -0.25) is 14.3 Å². The first kappa shape index (κ1) is 20.8. The Labute approximate surface area is 170 Å². The van der Waals surface area contributed by atoms with Gasteiger partial charge < -0.3 is 14.4 Å². The maximum Gasteiger partial charge on any atom is 0.410 e. The van der Waals surface area contributed by atoms with E-state index in [4.69, 9.17) is 9.47 Å². The number of nitrogens with zero attached hydrogens (tertiary/aromatic N) is 4. The highest BCUT2D eigenvalue weighted by atomic mass is 16.6. The predicted molar refractivity (Wildman–Crippen MR) is 108 cm³/mol. The average molecular weight is 400 g/mol. The molecule has 156 valence electrons. The lowest BCUT2D eigenvalue weighted by atomic mass is 10.1. The fourth-order valence-electron chi connectivity index (χ4n) is 3.26. The normalized spacial score (nSPS) is 13.8. The molecule has 3 rings (SSSR count). The molecule has 0 saturated heterocycles. The second-order valence-corrected chi connectivity index (χ2v) is 8.13. The number of aryl methyl sites for hydroxylation is 2. The molecule has 0 atom stereocenters. The Kier molecular flexibility index (Phi) is 5.91. The van der Waals surface area contributed by atoms with Crippen molar-refractivity contribution >= 4 is 6.09 Å². The van der Waals surface area contributed by atoms with E-state index in [-0.39, 0.29) is 18.2 Å². The van der Waals surface area contributed by atoms with Gasteiger partial charge in [0.25, 0.3) is 5.56 Å². The topological polar surface area (TPSA) is 86.5 Å². The minimum absolute atomic E-state index is 0.0668. The molecule has 0 saturated carbocycles. The number of pyridine rings is 1. The summed E-state index contributed by atoms with van der Waals surface area (Å²) in [7, 11) is 0. The Morgan fingerprint density at radius 3 is 2.72 bits per heavy atom. The van der Waals surface area contributed by atoms with Crippen molar-refractivity contribution in [2.75, 3.05) is 13.2 Å². The van der Waals surface area contributed by atoms with E-state index in [1.54, 1.807) is 22.6 Å². The van der Waals surface area contributed by atoms with Gasteiger partial charge in [0, 0.05) is 18.3 Å². The second-order valence-electron chi connectivity index (χ2n) is 8.13. The fourth-order valence-corrected chi connectivity index (χ4v) is 3.26. The van der Waals surface area contributed by atoms with Crippen LogP contribution in [0.4, 0.5) is 4.79 Å². The molecule has 29 heavy (non-hydrogen) atoms. The Hall–Kier alpha value is -2.90. The molecule has 8 nitrogen and oxygen atoms in total. The number of carbonyl (C=O) groups excluding carboxylic acids is 1. The number of amides is 1. The number of carbonyl (C=O) groups is 1. The second kappa shape index (κ2) is 8.23. The van der Waals surface area contributed by atoms with Gasteiger partial charge in [-0.15, -0.1) is 0 Å². The van der Waals surface area contributed by atoms with E-state index in [0.29, 0.717) is 48.9 Å². The van der Waals surface area contributed by atoms with Crippen molar-refractivity contribution in [1.82, 2.24) is 19.4 Å². The van der Waals surface area contributed by atoms with Crippen molar-refractivity contribution in [3.8, 4) is 5.75 Å². The van der Waals surface area contributed by atoms with E-state index >= 15 is 0 Å². The van der Waals surface area contributed by atoms with E-state index in [1.165, 1.54) is 0 Å². The zero-order chi connectivity index (χ0) is 21.2. The van der Waals surface area contributed by atoms with Gasteiger partial charge in [-0.25, -0.2) is 9.78 Å². The van der Waals surface area contributed by atoms with Crippen molar-refractivity contribution in [2.45, 2.75) is 59.7 Å². The van der Waals surface area contributed by atoms with Crippen molar-refractivity contribution in [1.29, 1.82) is 0 Å². The first-order chi connectivity index (χ1) is 13.7. The Balaban J connectivity index is 1.71. The monoisotopic (exact) mass is 400 g/mol. The summed E-state index contributed by atoms with van der Waals surface area (Å²) in [6.45, 7) is 10.6. The van der Waals surface area contributed by atoms with Crippen molar-refractivity contribution in [3.63, 3.8) is 0 Å². The highest BCUT2D eigenvalue weighted by molar-refractivity contribution is 5.68. The van der Waals surface area contributed by atoms with Crippen LogP contribution in [0.1, 0.15) is 43.5 Å². The first-order valence-corrected chi connectivity index (χ1v) is 9.77. The largest absolute Gasteiger partial charge is 0.490 e. The minimum Gasteiger partial charge on any atom is -0.490 e. The molecular formula is C21H28N4O4. The Bertz CT molecular complexity index is 962. The smallest absolute Gasteiger partial charge is 0.410 e. The molecule has 0 bridgehead atoms. The molecular weight excluding hydrogens is 372 g/mol. The molecule has 0 aromatic carbocycles. The third-order valence-electron chi connectivity index (χ3n) is 4.69. The summed E-state index contributed by atoms with van der Waals surface area (Å²) >= 11 is 0. The molecule has 2 aromatic rings. The lowest BCUT2D eigenvalue weighted by Crippen LogP contribution is -2.43. The molecule has 0 radical (unpaired) electrons. The summed E-state index contributed by atoms with van der Waals surface area (Å²) in [4.78, 5) is 35.7. The van der Waals surface area contributed by atoms with Gasteiger partial charge in [0.2, 0.25) is 0 Å². The van der Waals surface area contributed by atoms with Crippen LogP contribution in [0.25, 0.3) is 0 Å². The van der Waals surface area contributed by atoms with Crippen LogP contribution in [0.3, 0.4) is 0 Å². The van der Waals surface area contributed by atoms with Crippen LogP contribution in [0, 0.1) is 13.8 Å². The molecule has 0 aliphatic carbocycles. The molecule has 0 fully saturated rings. The van der Waals surface area contributed by atoms with Gasteiger partial charge in [-0.2, -0.15) is 0 Å². The fraction of sp³-hybridized carbons (Fsp3) is 0.524. The van der Waals surface area contributed by atoms with Crippen molar-refractivity contribution < 1.29 is 14.3 Å². The molecule has 3 heterocycles. The minimum atomic E-state index is -0.559. The number of aromatic nitrogens is 3. The van der Waals surface area contributed by atoms with Gasteiger partial charge >= 0.3 is 6.09 Å². The van der Waals surface area contributed by atoms with E-state index in [1.807, 2.05) is 39.8 Å². The molecule has 8 heteroatoms. The van der Waals surface area contributed by atoms with Gasteiger partial charge in [-0.05, 0) is 53.2 Å². The number of rotatable bonds is 4. The Morgan fingerprint density at radius 2 is 2.03 bits per heavy atom. The molecule has 1 aliphatic rings. The number of ether oxygens (including phenoxy) is 2. The number of fused-ring (bicyclic) bond motifs is 1. The maximum atomic E-state index is 13.0. The van der Waals surface area contributed by atoms with Crippen LogP contribution in [0.2, 0.25) is 0 Å². The molecule has 0 spiro atoms. The van der Waals surface area contributed by atoms with E-state index in [9.17, 15) is 9.59 Å². The van der Waals surface area contributed by atoms with Gasteiger partial charge in [0.05, 0.1) is 24.5 Å². The summed E-state index contributed by atoms with van der Waals surface area (Å²) in [5.41, 5.74) is 1.49.